The van der Waals surface area contributed by atoms with Crippen LogP contribution in [0.2, 0.25) is 0 Å². The number of likely N-dealkylation sites (tertiary alicyclic amines) is 1. The van der Waals surface area contributed by atoms with Gasteiger partial charge < -0.3 is 10.2 Å². The summed E-state index contributed by atoms with van der Waals surface area (Å²) in [6.07, 6.45) is 5.27. The van der Waals surface area contributed by atoms with Gasteiger partial charge in [-0.05, 0) is 74.2 Å². The van der Waals surface area contributed by atoms with Crippen molar-refractivity contribution in [2.45, 2.75) is 69.4 Å². The fourth-order valence-corrected chi connectivity index (χ4v) is 6.54. The zero-order valence-electron chi connectivity index (χ0n) is 15.8. The third-order valence-electron chi connectivity index (χ3n) is 8.10. The molecule has 2 unspecified atom stereocenters. The van der Waals surface area contributed by atoms with Gasteiger partial charge in [-0.2, -0.15) is 0 Å². The van der Waals surface area contributed by atoms with Crippen LogP contribution in [-0.4, -0.2) is 45.6 Å². The molecule has 1 aliphatic heterocycles. The molecule has 2 bridgehead atoms. The lowest BCUT2D eigenvalue weighted by Gasteiger charge is -2.65. The Balaban J connectivity index is 1.72. The maximum atomic E-state index is 12.8. The molecular weight excluding hydrogens is 326 g/mol. The number of phenols is 1. The molecule has 2 saturated carbocycles. The van der Waals surface area contributed by atoms with Crippen LogP contribution >= 0.6 is 0 Å². The van der Waals surface area contributed by atoms with E-state index >= 15 is 0 Å². The van der Waals surface area contributed by atoms with Gasteiger partial charge in [0.15, 0.2) is 0 Å². The van der Waals surface area contributed by atoms with E-state index in [9.17, 15) is 15.0 Å². The maximum Gasteiger partial charge on any atom is 0.136 e. The maximum absolute atomic E-state index is 12.8. The quantitative estimate of drug-likeness (QED) is 0.856. The SMILES string of the molecule is Cc1c(O)ccc2c1C13CCN(CC4CC4)C(C2)[C@]1(O)CCC(=O)[C@@H]3C. The third-order valence-corrected chi connectivity index (χ3v) is 8.10. The number of rotatable bonds is 2. The molecule has 4 heteroatoms. The molecule has 1 heterocycles. The number of nitrogens with zero attached hydrogens (tertiary/aromatic N) is 1. The number of aromatic hydroxyl groups is 1. The highest BCUT2D eigenvalue weighted by atomic mass is 16.3. The summed E-state index contributed by atoms with van der Waals surface area (Å²) in [5, 5.41) is 22.5. The second kappa shape index (κ2) is 5.32. The normalized spacial score (nSPS) is 39.4. The van der Waals surface area contributed by atoms with Crippen LogP contribution in [0.5, 0.6) is 5.75 Å². The molecule has 4 nitrogen and oxygen atoms in total. The smallest absolute Gasteiger partial charge is 0.136 e. The first-order chi connectivity index (χ1) is 12.4. The Hall–Kier alpha value is -1.39. The molecule has 3 fully saturated rings. The molecule has 4 atom stereocenters. The second-order valence-electron chi connectivity index (χ2n) is 9.24. The first-order valence-corrected chi connectivity index (χ1v) is 10.2. The van der Waals surface area contributed by atoms with Crippen molar-refractivity contribution in [3.05, 3.63) is 28.8 Å². The molecule has 26 heavy (non-hydrogen) atoms. The summed E-state index contributed by atoms with van der Waals surface area (Å²) >= 11 is 0. The molecular formula is C22H29NO3. The van der Waals surface area contributed by atoms with Crippen LogP contribution in [0.3, 0.4) is 0 Å². The fraction of sp³-hybridized carbons (Fsp3) is 0.682. The van der Waals surface area contributed by atoms with E-state index in [1.165, 1.54) is 18.4 Å². The minimum absolute atomic E-state index is 0.0869. The molecule has 1 aromatic carbocycles. The molecule has 0 aromatic heterocycles. The van der Waals surface area contributed by atoms with Gasteiger partial charge in [0.1, 0.15) is 11.5 Å². The van der Waals surface area contributed by atoms with Crippen LogP contribution in [0.1, 0.15) is 55.7 Å². The van der Waals surface area contributed by atoms with Crippen LogP contribution in [0, 0.1) is 18.8 Å². The summed E-state index contributed by atoms with van der Waals surface area (Å²) in [5.74, 6) is 1.13. The Bertz CT molecular complexity index is 786. The van der Waals surface area contributed by atoms with Crippen molar-refractivity contribution in [1.29, 1.82) is 0 Å². The largest absolute Gasteiger partial charge is 0.508 e. The zero-order valence-corrected chi connectivity index (χ0v) is 15.8. The Kier molecular flexibility index (Phi) is 3.43. The van der Waals surface area contributed by atoms with Gasteiger partial charge in [-0.3, -0.25) is 9.69 Å². The molecule has 140 valence electrons. The zero-order chi connectivity index (χ0) is 18.3. The molecule has 5 rings (SSSR count). The van der Waals surface area contributed by atoms with Crippen molar-refractivity contribution in [3.8, 4) is 5.75 Å². The van der Waals surface area contributed by atoms with E-state index in [0.717, 1.165) is 43.0 Å². The van der Waals surface area contributed by atoms with Gasteiger partial charge in [-0.25, -0.2) is 0 Å². The monoisotopic (exact) mass is 355 g/mol. The number of hydrogen-bond donors (Lipinski definition) is 2. The average molecular weight is 355 g/mol. The Morgan fingerprint density at radius 1 is 1.27 bits per heavy atom. The summed E-state index contributed by atoms with van der Waals surface area (Å²) in [4.78, 5) is 15.3. The van der Waals surface area contributed by atoms with E-state index in [1.807, 2.05) is 19.9 Å². The summed E-state index contributed by atoms with van der Waals surface area (Å²) in [5.41, 5.74) is 1.72. The second-order valence-corrected chi connectivity index (χ2v) is 9.24. The summed E-state index contributed by atoms with van der Waals surface area (Å²) in [6.45, 7) is 5.98. The topological polar surface area (TPSA) is 60.8 Å². The van der Waals surface area contributed by atoms with E-state index in [2.05, 4.69) is 4.90 Å². The minimum Gasteiger partial charge on any atom is -0.508 e. The third kappa shape index (κ3) is 1.95. The lowest BCUT2D eigenvalue weighted by atomic mass is 9.45. The van der Waals surface area contributed by atoms with Gasteiger partial charge in [0.2, 0.25) is 0 Å². The highest BCUT2D eigenvalue weighted by Crippen LogP contribution is 2.61. The fourth-order valence-electron chi connectivity index (χ4n) is 6.54. The number of aliphatic hydroxyl groups is 1. The molecule has 3 aliphatic carbocycles. The van der Waals surface area contributed by atoms with Gasteiger partial charge in [0.05, 0.1) is 5.60 Å². The van der Waals surface area contributed by atoms with Gasteiger partial charge in [-0.1, -0.05) is 13.0 Å². The number of phenolic OH excluding ortho intramolecular Hbond substituents is 1. The predicted octanol–water partition coefficient (Wildman–Crippen LogP) is 2.71. The molecule has 0 amide bonds. The molecule has 1 aromatic rings. The number of benzene rings is 1. The van der Waals surface area contributed by atoms with E-state index in [-0.39, 0.29) is 23.5 Å². The number of carbonyl (C=O) groups excluding carboxylic acids is 1. The van der Waals surface area contributed by atoms with Crippen LogP contribution < -0.4 is 0 Å². The van der Waals surface area contributed by atoms with Crippen molar-refractivity contribution in [2.24, 2.45) is 11.8 Å². The van der Waals surface area contributed by atoms with Gasteiger partial charge in [0.25, 0.3) is 0 Å². The average Bonchev–Trinajstić information content (AvgIpc) is 3.42. The Labute approximate surface area is 155 Å². The highest BCUT2D eigenvalue weighted by molar-refractivity contribution is 5.85. The van der Waals surface area contributed by atoms with Crippen LogP contribution in [0.25, 0.3) is 0 Å². The number of hydrogen-bond acceptors (Lipinski definition) is 4. The Morgan fingerprint density at radius 2 is 2.04 bits per heavy atom. The molecule has 0 radical (unpaired) electrons. The van der Waals surface area contributed by atoms with Gasteiger partial charge in [-0.15, -0.1) is 0 Å². The van der Waals surface area contributed by atoms with E-state index in [0.29, 0.717) is 12.8 Å². The highest BCUT2D eigenvalue weighted by Gasteiger charge is 2.67. The summed E-state index contributed by atoms with van der Waals surface area (Å²) < 4.78 is 0. The first-order valence-electron chi connectivity index (χ1n) is 10.2. The van der Waals surface area contributed by atoms with Crippen molar-refractivity contribution >= 4 is 5.78 Å². The number of ketones is 1. The molecule has 0 spiro atoms. The van der Waals surface area contributed by atoms with Crippen molar-refractivity contribution in [1.82, 2.24) is 4.90 Å². The standard InChI is InChI=1S/C22H29NO3/c1-13-17(24)6-5-16-11-19-22(26)8-7-18(25)14(2)21(22,20(13)16)9-10-23(19)12-15-3-4-15/h5-6,14-15,19,24,26H,3-4,7-12H2,1-2H3/t14-,19?,21?,22+/m0/s1. The number of carbonyl (C=O) groups is 1. The lowest BCUT2D eigenvalue weighted by molar-refractivity contribution is -0.187. The molecule has 1 saturated heterocycles. The van der Waals surface area contributed by atoms with E-state index in [4.69, 9.17) is 0 Å². The first kappa shape index (κ1) is 16.8. The number of piperidine rings is 1. The van der Waals surface area contributed by atoms with E-state index < -0.39 is 11.0 Å². The van der Waals surface area contributed by atoms with Gasteiger partial charge >= 0.3 is 0 Å². The van der Waals surface area contributed by atoms with Crippen LogP contribution in [0.4, 0.5) is 0 Å². The van der Waals surface area contributed by atoms with Gasteiger partial charge in [0, 0.05) is 30.3 Å². The van der Waals surface area contributed by atoms with Crippen molar-refractivity contribution in [2.75, 3.05) is 13.1 Å². The van der Waals surface area contributed by atoms with Crippen LogP contribution in [0.15, 0.2) is 12.1 Å². The summed E-state index contributed by atoms with van der Waals surface area (Å²) in [6, 6.07) is 3.90. The number of fused-ring (bicyclic) bond motifs is 1. The lowest BCUT2D eigenvalue weighted by Crippen LogP contribution is -2.75. The summed E-state index contributed by atoms with van der Waals surface area (Å²) in [7, 11) is 0. The van der Waals surface area contributed by atoms with Crippen molar-refractivity contribution in [3.63, 3.8) is 0 Å². The minimum atomic E-state index is -0.876. The molecule has 2 N–H and O–H groups in total. The van der Waals surface area contributed by atoms with E-state index in [1.54, 1.807) is 6.07 Å². The Morgan fingerprint density at radius 3 is 2.77 bits per heavy atom. The number of Topliss-reactive ketones (excluding diaryl/α,β-unsaturated/α-hetero) is 1. The molecule has 4 aliphatic rings. The van der Waals surface area contributed by atoms with Crippen molar-refractivity contribution < 1.29 is 15.0 Å². The van der Waals surface area contributed by atoms with Crippen LogP contribution in [-0.2, 0) is 16.6 Å². The predicted molar refractivity (Wildman–Crippen MR) is 99.3 cm³/mol.